The molecule has 1 aromatic heterocycles. The molecule has 2 heterocycles. The second-order valence-electron chi connectivity index (χ2n) is 7.75. The molecule has 0 atom stereocenters. The summed E-state index contributed by atoms with van der Waals surface area (Å²) in [5.74, 6) is 0.994. The average Bonchev–Trinajstić information content (AvgIpc) is 2.86. The zero-order valence-corrected chi connectivity index (χ0v) is 19.0. The first-order valence-electron chi connectivity index (χ1n) is 10.8. The maximum Gasteiger partial charge on any atom is 0.267 e. The number of piperazine rings is 1. The summed E-state index contributed by atoms with van der Waals surface area (Å²) in [6.07, 6.45) is 0. The Morgan fingerprint density at radius 1 is 0.971 bits per heavy atom. The first-order valence-corrected chi connectivity index (χ1v) is 10.8. The van der Waals surface area contributed by atoms with Crippen molar-refractivity contribution in [1.29, 1.82) is 0 Å². The minimum atomic E-state index is -0.406. The molecule has 9 nitrogen and oxygen atoms in total. The van der Waals surface area contributed by atoms with Gasteiger partial charge < -0.3 is 24.6 Å². The fourth-order valence-corrected chi connectivity index (χ4v) is 3.79. The molecule has 1 aliphatic heterocycles. The van der Waals surface area contributed by atoms with E-state index in [0.717, 1.165) is 23.5 Å². The predicted octanol–water partition coefficient (Wildman–Crippen LogP) is 2.36. The number of nitrogens with zero attached hydrogens (tertiary/aromatic N) is 4. The molecule has 1 fully saturated rings. The molecule has 0 aliphatic carbocycles. The van der Waals surface area contributed by atoms with Crippen molar-refractivity contribution < 1.29 is 18.7 Å². The molecule has 1 amide bonds. The maximum absolute atomic E-state index is 13.2. The van der Waals surface area contributed by atoms with Crippen LogP contribution in [0.4, 0.5) is 21.6 Å². The van der Waals surface area contributed by atoms with Crippen molar-refractivity contribution in [1.82, 2.24) is 9.78 Å². The van der Waals surface area contributed by atoms with Crippen LogP contribution in [0.1, 0.15) is 0 Å². The van der Waals surface area contributed by atoms with Crippen molar-refractivity contribution in [2.45, 2.75) is 6.54 Å². The number of amides is 1. The van der Waals surface area contributed by atoms with Crippen LogP contribution >= 0.6 is 0 Å². The summed E-state index contributed by atoms with van der Waals surface area (Å²) >= 11 is 0. The number of hydrogen-bond donors (Lipinski definition) is 1. The van der Waals surface area contributed by atoms with Crippen LogP contribution in [0.2, 0.25) is 0 Å². The van der Waals surface area contributed by atoms with Gasteiger partial charge in [0.15, 0.2) is 0 Å². The topological polar surface area (TPSA) is 88.9 Å². The van der Waals surface area contributed by atoms with E-state index in [4.69, 9.17) is 9.47 Å². The van der Waals surface area contributed by atoms with Gasteiger partial charge in [-0.25, -0.2) is 9.07 Å². The summed E-state index contributed by atoms with van der Waals surface area (Å²) in [5.41, 5.74) is 1.06. The van der Waals surface area contributed by atoms with E-state index in [1.807, 2.05) is 0 Å². The fourth-order valence-electron chi connectivity index (χ4n) is 3.79. The number of aromatic nitrogens is 2. The SMILES string of the molecule is COc1ccc(NC(=O)Cn2nc(N3CCN(c4ccc(F)cc4)CC3)ccc2=O)c(OC)c1. The number of nitrogens with one attached hydrogen (secondary N) is 1. The lowest BCUT2D eigenvalue weighted by molar-refractivity contribution is -0.117. The van der Waals surface area contributed by atoms with E-state index in [2.05, 4.69) is 20.2 Å². The third kappa shape index (κ3) is 5.28. The predicted molar refractivity (Wildman–Crippen MR) is 127 cm³/mol. The fraction of sp³-hybridized carbons (Fsp3) is 0.292. The lowest BCUT2D eigenvalue weighted by Gasteiger charge is -2.36. The lowest BCUT2D eigenvalue weighted by Crippen LogP contribution is -2.47. The molecule has 34 heavy (non-hydrogen) atoms. The van der Waals surface area contributed by atoms with Gasteiger partial charge in [0.2, 0.25) is 5.91 Å². The molecular formula is C24H26FN5O4. The van der Waals surface area contributed by atoms with Crippen molar-refractivity contribution in [3.05, 3.63) is 70.8 Å². The third-order valence-corrected chi connectivity index (χ3v) is 5.62. The third-order valence-electron chi connectivity index (χ3n) is 5.62. The Kier molecular flexibility index (Phi) is 6.95. The molecule has 4 rings (SSSR count). The molecule has 1 N–H and O–H groups in total. The molecule has 0 radical (unpaired) electrons. The molecule has 3 aromatic rings. The van der Waals surface area contributed by atoms with Gasteiger partial charge in [-0.3, -0.25) is 9.59 Å². The van der Waals surface area contributed by atoms with Gasteiger partial charge in [0.05, 0.1) is 19.9 Å². The Labute approximate surface area is 196 Å². The highest BCUT2D eigenvalue weighted by Gasteiger charge is 2.20. The van der Waals surface area contributed by atoms with Gasteiger partial charge in [-0.2, -0.15) is 5.10 Å². The Balaban J connectivity index is 1.41. The first-order chi connectivity index (χ1) is 16.5. The number of hydrogen-bond acceptors (Lipinski definition) is 7. The van der Waals surface area contributed by atoms with Crippen molar-refractivity contribution in [3.63, 3.8) is 0 Å². The standard InChI is InChI=1S/C24H26FN5O4/c1-33-19-7-8-20(21(15-19)34-2)26-23(31)16-30-24(32)10-9-22(27-30)29-13-11-28(12-14-29)18-5-3-17(25)4-6-18/h3-10,15H,11-14,16H2,1-2H3,(H,26,31). The first kappa shape index (κ1) is 23.1. The molecule has 178 valence electrons. The van der Waals surface area contributed by atoms with Crippen LogP contribution in [0.25, 0.3) is 0 Å². The highest BCUT2D eigenvalue weighted by molar-refractivity contribution is 5.92. The average molecular weight is 468 g/mol. The number of ether oxygens (including phenoxy) is 2. The number of methoxy groups -OCH3 is 2. The summed E-state index contributed by atoms with van der Waals surface area (Å²) in [7, 11) is 3.04. The van der Waals surface area contributed by atoms with Crippen LogP contribution in [0.3, 0.4) is 0 Å². The summed E-state index contributed by atoms with van der Waals surface area (Å²) in [4.78, 5) is 29.2. The molecule has 0 unspecified atom stereocenters. The summed E-state index contributed by atoms with van der Waals surface area (Å²) < 4.78 is 24.8. The molecule has 0 saturated carbocycles. The smallest absolute Gasteiger partial charge is 0.267 e. The van der Waals surface area contributed by atoms with Crippen LogP contribution in [-0.2, 0) is 11.3 Å². The van der Waals surface area contributed by atoms with Gasteiger partial charge >= 0.3 is 0 Å². The van der Waals surface area contributed by atoms with E-state index < -0.39 is 5.91 Å². The van der Waals surface area contributed by atoms with Gasteiger partial charge in [0.1, 0.15) is 29.7 Å². The van der Waals surface area contributed by atoms with Crippen molar-refractivity contribution in [3.8, 4) is 11.5 Å². The Bertz CT molecular complexity index is 1210. The highest BCUT2D eigenvalue weighted by Crippen LogP contribution is 2.29. The number of carbonyl (C=O) groups is 1. The zero-order valence-electron chi connectivity index (χ0n) is 19.0. The summed E-state index contributed by atoms with van der Waals surface area (Å²) in [5, 5.41) is 7.16. The second-order valence-corrected chi connectivity index (χ2v) is 7.75. The van der Waals surface area contributed by atoms with Crippen LogP contribution in [0.15, 0.2) is 59.4 Å². The molecule has 10 heteroatoms. The molecule has 1 saturated heterocycles. The number of carbonyl (C=O) groups excluding carboxylic acids is 1. The highest BCUT2D eigenvalue weighted by atomic mass is 19.1. The molecular weight excluding hydrogens is 441 g/mol. The van der Waals surface area contributed by atoms with Gasteiger partial charge in [-0.1, -0.05) is 0 Å². The molecule has 2 aromatic carbocycles. The van der Waals surface area contributed by atoms with Crippen LogP contribution in [0.5, 0.6) is 11.5 Å². The van der Waals surface area contributed by atoms with Crippen LogP contribution < -0.4 is 30.1 Å². The van der Waals surface area contributed by atoms with Crippen molar-refractivity contribution in [2.75, 3.05) is 55.5 Å². The van der Waals surface area contributed by atoms with Crippen molar-refractivity contribution in [2.24, 2.45) is 0 Å². The van der Waals surface area contributed by atoms with Crippen LogP contribution in [0, 0.1) is 5.82 Å². The largest absolute Gasteiger partial charge is 0.497 e. The van der Waals surface area contributed by atoms with E-state index in [0.29, 0.717) is 36.1 Å². The quantitative estimate of drug-likeness (QED) is 0.571. The minimum Gasteiger partial charge on any atom is -0.497 e. The van der Waals surface area contributed by atoms with E-state index in [1.54, 1.807) is 43.5 Å². The minimum absolute atomic E-state index is 0.239. The monoisotopic (exact) mass is 467 g/mol. The second kappa shape index (κ2) is 10.2. The van der Waals surface area contributed by atoms with E-state index >= 15 is 0 Å². The molecule has 0 bridgehead atoms. The lowest BCUT2D eigenvalue weighted by atomic mass is 10.2. The normalized spacial score (nSPS) is 13.5. The van der Waals surface area contributed by atoms with E-state index in [1.165, 1.54) is 25.3 Å². The summed E-state index contributed by atoms with van der Waals surface area (Å²) in [6, 6.07) is 14.5. The Hall–Kier alpha value is -4.08. The number of halogens is 1. The van der Waals surface area contributed by atoms with Crippen molar-refractivity contribution >= 4 is 23.1 Å². The van der Waals surface area contributed by atoms with Gasteiger partial charge in [0, 0.05) is 44.0 Å². The maximum atomic E-state index is 13.2. The Morgan fingerprint density at radius 2 is 1.68 bits per heavy atom. The molecule has 1 aliphatic rings. The van der Waals surface area contributed by atoms with Gasteiger partial charge in [0.25, 0.3) is 5.56 Å². The Morgan fingerprint density at radius 3 is 2.35 bits per heavy atom. The van der Waals surface area contributed by atoms with Gasteiger partial charge in [-0.15, -0.1) is 0 Å². The molecule has 0 spiro atoms. The number of benzene rings is 2. The number of rotatable bonds is 7. The van der Waals surface area contributed by atoms with Gasteiger partial charge in [-0.05, 0) is 42.5 Å². The number of anilines is 3. The zero-order chi connectivity index (χ0) is 24.1. The summed E-state index contributed by atoms with van der Waals surface area (Å²) in [6.45, 7) is 2.57. The van der Waals surface area contributed by atoms with E-state index in [9.17, 15) is 14.0 Å². The van der Waals surface area contributed by atoms with E-state index in [-0.39, 0.29) is 17.9 Å². The van der Waals surface area contributed by atoms with Crippen LogP contribution in [-0.4, -0.2) is 56.1 Å².